The summed E-state index contributed by atoms with van der Waals surface area (Å²) in [5.74, 6) is -4.05. The number of nitrogens with zero attached hydrogens (tertiary/aromatic N) is 1. The van der Waals surface area contributed by atoms with Gasteiger partial charge in [0.05, 0.1) is 6.04 Å². The standard InChI is InChI=1S/C25H38N8O7/c26-20(35)10-9-18(32-21(36)16-3-1-11-29-16)23(38)31-17(4-2-12-30-25(27)28)22(37)33-19(24(39)40)13-14-5-7-15(34)8-6-14/h5-8,16-19,29,34H,1-4,9-13H2,(H2,26,35)(H,31,38)(H,32,36)(H,33,37)(H,39,40)(H4,27,28,30). The van der Waals surface area contributed by atoms with Crippen LogP contribution < -0.4 is 38.5 Å². The highest BCUT2D eigenvalue weighted by molar-refractivity contribution is 5.94. The SMILES string of the molecule is NC(=O)CCC(NC(=O)C1CCCN1)C(=O)NC(CCCN=C(N)N)C(=O)NC(Cc1ccc(O)cc1)C(=O)O. The third kappa shape index (κ3) is 11.1. The number of carbonyl (C=O) groups is 5. The molecule has 0 aliphatic carbocycles. The Morgan fingerprint density at radius 3 is 2.12 bits per heavy atom. The fourth-order valence-electron chi connectivity index (χ4n) is 4.12. The average Bonchev–Trinajstić information content (AvgIpc) is 3.44. The second-order valence-electron chi connectivity index (χ2n) is 9.50. The van der Waals surface area contributed by atoms with Crippen molar-refractivity contribution in [3.8, 4) is 5.75 Å². The lowest BCUT2D eigenvalue weighted by Crippen LogP contribution is -2.57. The van der Waals surface area contributed by atoms with Crippen LogP contribution in [0.5, 0.6) is 5.75 Å². The lowest BCUT2D eigenvalue weighted by molar-refractivity contribution is -0.142. The molecule has 40 heavy (non-hydrogen) atoms. The summed E-state index contributed by atoms with van der Waals surface area (Å²) < 4.78 is 0. The van der Waals surface area contributed by atoms with E-state index in [2.05, 4.69) is 26.3 Å². The van der Waals surface area contributed by atoms with E-state index in [0.29, 0.717) is 18.5 Å². The molecule has 0 aromatic heterocycles. The molecule has 4 atom stereocenters. The predicted octanol–water partition coefficient (Wildman–Crippen LogP) is -2.46. The van der Waals surface area contributed by atoms with Crippen LogP contribution >= 0.6 is 0 Å². The van der Waals surface area contributed by atoms with E-state index < -0.39 is 53.8 Å². The first-order valence-corrected chi connectivity index (χ1v) is 12.9. The minimum atomic E-state index is -1.34. The molecule has 2 rings (SSSR count). The minimum absolute atomic E-state index is 0.00454. The summed E-state index contributed by atoms with van der Waals surface area (Å²) in [5, 5.41) is 29.8. The van der Waals surface area contributed by atoms with Crippen molar-refractivity contribution in [3.05, 3.63) is 29.8 Å². The fourth-order valence-corrected chi connectivity index (χ4v) is 4.12. The van der Waals surface area contributed by atoms with E-state index in [0.717, 1.165) is 6.42 Å². The van der Waals surface area contributed by atoms with Gasteiger partial charge in [-0.3, -0.25) is 24.2 Å². The second kappa shape index (κ2) is 15.9. The van der Waals surface area contributed by atoms with Gasteiger partial charge in [0.25, 0.3) is 0 Å². The van der Waals surface area contributed by atoms with Gasteiger partial charge < -0.3 is 48.7 Å². The number of carboxylic acids is 1. The number of hydrogen-bond acceptors (Lipinski definition) is 8. The normalized spacial score (nSPS) is 16.6. The predicted molar refractivity (Wildman–Crippen MR) is 145 cm³/mol. The first-order valence-electron chi connectivity index (χ1n) is 12.9. The molecule has 0 radical (unpaired) electrons. The molecule has 1 aliphatic rings. The van der Waals surface area contributed by atoms with Crippen LogP contribution in [0.4, 0.5) is 0 Å². The fraction of sp³-hybridized carbons (Fsp3) is 0.520. The van der Waals surface area contributed by atoms with Crippen molar-refractivity contribution in [3.63, 3.8) is 0 Å². The quantitative estimate of drug-likeness (QED) is 0.0583. The number of nitrogens with two attached hydrogens (primary N) is 3. The zero-order valence-corrected chi connectivity index (χ0v) is 22.1. The highest BCUT2D eigenvalue weighted by Crippen LogP contribution is 2.12. The van der Waals surface area contributed by atoms with E-state index in [9.17, 15) is 34.2 Å². The zero-order valence-electron chi connectivity index (χ0n) is 22.1. The van der Waals surface area contributed by atoms with Gasteiger partial charge in [-0.25, -0.2) is 4.79 Å². The van der Waals surface area contributed by atoms with Crippen LogP contribution in [0.25, 0.3) is 0 Å². The summed E-state index contributed by atoms with van der Waals surface area (Å²) in [6.07, 6.45) is 1.32. The summed E-state index contributed by atoms with van der Waals surface area (Å²) in [7, 11) is 0. The van der Waals surface area contributed by atoms with E-state index in [4.69, 9.17) is 17.2 Å². The number of carboxylic acid groups (broad SMARTS) is 1. The number of guanidine groups is 1. The Hall–Kier alpha value is -4.40. The van der Waals surface area contributed by atoms with Crippen molar-refractivity contribution in [2.75, 3.05) is 13.1 Å². The Kier molecular flexibility index (Phi) is 12.6. The number of phenolic OH excluding ortho intramolecular Hbond substituents is 1. The number of primary amides is 1. The van der Waals surface area contributed by atoms with Gasteiger partial charge in [-0.1, -0.05) is 12.1 Å². The highest BCUT2D eigenvalue weighted by atomic mass is 16.4. The van der Waals surface area contributed by atoms with Gasteiger partial charge in [-0.15, -0.1) is 0 Å². The van der Waals surface area contributed by atoms with Crippen molar-refractivity contribution in [1.29, 1.82) is 0 Å². The van der Waals surface area contributed by atoms with E-state index in [1.165, 1.54) is 24.3 Å². The van der Waals surface area contributed by atoms with Crippen LogP contribution in [0.2, 0.25) is 0 Å². The van der Waals surface area contributed by atoms with Crippen LogP contribution in [-0.4, -0.2) is 83.0 Å². The van der Waals surface area contributed by atoms with Crippen LogP contribution in [0.1, 0.15) is 44.1 Å². The smallest absolute Gasteiger partial charge is 0.326 e. The van der Waals surface area contributed by atoms with Crippen molar-refractivity contribution in [2.45, 2.75) is 69.1 Å². The minimum Gasteiger partial charge on any atom is -0.508 e. The molecule has 220 valence electrons. The molecule has 1 aromatic rings. The number of amides is 4. The van der Waals surface area contributed by atoms with E-state index in [1.54, 1.807) is 0 Å². The number of hydrogen-bond donors (Lipinski definition) is 9. The van der Waals surface area contributed by atoms with Gasteiger partial charge >= 0.3 is 5.97 Å². The Morgan fingerprint density at radius 1 is 0.950 bits per heavy atom. The van der Waals surface area contributed by atoms with Gasteiger partial charge in [0, 0.05) is 19.4 Å². The maximum atomic E-state index is 13.2. The number of phenols is 1. The van der Waals surface area contributed by atoms with Gasteiger partial charge in [0.1, 0.15) is 23.9 Å². The molecule has 0 bridgehead atoms. The van der Waals surface area contributed by atoms with Crippen LogP contribution in [0.15, 0.2) is 29.3 Å². The number of carbonyl (C=O) groups excluding carboxylic acids is 4. The molecule has 1 fully saturated rings. The molecule has 4 unspecified atom stereocenters. The zero-order chi connectivity index (χ0) is 29.7. The molecule has 15 nitrogen and oxygen atoms in total. The topological polar surface area (TPSA) is 264 Å². The summed E-state index contributed by atoms with van der Waals surface area (Å²) >= 11 is 0. The maximum Gasteiger partial charge on any atom is 0.326 e. The van der Waals surface area contributed by atoms with E-state index >= 15 is 0 Å². The molecule has 0 saturated carbocycles. The Labute approximate surface area is 231 Å². The number of benzene rings is 1. The van der Waals surface area contributed by atoms with E-state index in [-0.39, 0.29) is 50.4 Å². The number of rotatable bonds is 16. The molecule has 15 heteroatoms. The third-order valence-corrected chi connectivity index (χ3v) is 6.26. The van der Waals surface area contributed by atoms with Crippen LogP contribution in [-0.2, 0) is 30.4 Å². The summed E-state index contributed by atoms with van der Waals surface area (Å²) in [6.45, 7) is 0.802. The van der Waals surface area contributed by atoms with Gasteiger partial charge in [0.2, 0.25) is 23.6 Å². The lowest BCUT2D eigenvalue weighted by atomic mass is 10.0. The van der Waals surface area contributed by atoms with Crippen molar-refractivity contribution < 1.29 is 34.2 Å². The summed E-state index contributed by atoms with van der Waals surface area (Å²) in [5.41, 5.74) is 16.5. The second-order valence-corrected chi connectivity index (χ2v) is 9.50. The Bertz CT molecular complexity index is 1070. The lowest BCUT2D eigenvalue weighted by Gasteiger charge is -2.25. The molecular formula is C25H38N8O7. The van der Waals surface area contributed by atoms with Crippen LogP contribution in [0.3, 0.4) is 0 Å². The first kappa shape index (κ1) is 31.8. The number of aliphatic carboxylic acids is 1. The summed E-state index contributed by atoms with van der Waals surface area (Å²) in [6, 6.07) is 1.64. The molecule has 1 heterocycles. The third-order valence-electron chi connectivity index (χ3n) is 6.26. The van der Waals surface area contributed by atoms with Crippen LogP contribution in [0, 0.1) is 0 Å². The number of aromatic hydroxyl groups is 1. The first-order chi connectivity index (χ1) is 19.0. The largest absolute Gasteiger partial charge is 0.508 e. The number of aliphatic imine (C=N–C) groups is 1. The molecule has 1 aromatic carbocycles. The van der Waals surface area contributed by atoms with E-state index in [1.807, 2.05) is 0 Å². The van der Waals surface area contributed by atoms with Gasteiger partial charge in [-0.2, -0.15) is 0 Å². The Morgan fingerprint density at radius 2 is 1.57 bits per heavy atom. The molecule has 1 saturated heterocycles. The maximum absolute atomic E-state index is 13.2. The number of nitrogens with one attached hydrogen (secondary N) is 4. The monoisotopic (exact) mass is 562 g/mol. The molecule has 4 amide bonds. The van der Waals surface area contributed by atoms with Crippen molar-refractivity contribution >= 4 is 35.6 Å². The average molecular weight is 563 g/mol. The Balaban J connectivity index is 2.17. The molecule has 12 N–H and O–H groups in total. The molecular weight excluding hydrogens is 524 g/mol. The van der Waals surface area contributed by atoms with Crippen molar-refractivity contribution in [2.24, 2.45) is 22.2 Å². The van der Waals surface area contributed by atoms with Gasteiger partial charge in [-0.05, 0) is 56.3 Å². The molecule has 1 aliphatic heterocycles. The molecule has 0 spiro atoms. The van der Waals surface area contributed by atoms with Crippen molar-refractivity contribution in [1.82, 2.24) is 21.3 Å². The summed E-state index contributed by atoms with van der Waals surface area (Å²) in [4.78, 5) is 66.2. The van der Waals surface area contributed by atoms with Gasteiger partial charge in [0.15, 0.2) is 5.96 Å². The highest BCUT2D eigenvalue weighted by Gasteiger charge is 2.31.